The van der Waals surface area contributed by atoms with E-state index in [2.05, 4.69) is 50.9 Å². The Labute approximate surface area is 198 Å². The zero-order valence-corrected chi connectivity index (χ0v) is 20.9. The van der Waals surface area contributed by atoms with Gasteiger partial charge in [-0.3, -0.25) is 9.69 Å². The molecule has 2 rings (SSSR count). The normalized spacial score (nSPS) is 17.2. The van der Waals surface area contributed by atoms with E-state index in [0.717, 1.165) is 58.7 Å². The van der Waals surface area contributed by atoms with Gasteiger partial charge in [0.15, 0.2) is 5.96 Å². The predicted octanol–water partition coefficient (Wildman–Crippen LogP) is 2.32. The summed E-state index contributed by atoms with van der Waals surface area (Å²) in [4.78, 5) is 20.5. The van der Waals surface area contributed by atoms with Crippen LogP contribution in [0.25, 0.3) is 0 Å². The summed E-state index contributed by atoms with van der Waals surface area (Å²) >= 11 is 0. The van der Waals surface area contributed by atoms with E-state index in [-0.39, 0.29) is 36.4 Å². The van der Waals surface area contributed by atoms with Crippen molar-refractivity contribution in [1.82, 2.24) is 20.4 Å². The number of amides is 1. The lowest BCUT2D eigenvalue weighted by molar-refractivity contribution is -0.127. The molecule has 0 saturated carbocycles. The van der Waals surface area contributed by atoms with E-state index in [0.29, 0.717) is 12.0 Å². The second-order valence-corrected chi connectivity index (χ2v) is 7.63. The molecule has 0 spiro atoms. The van der Waals surface area contributed by atoms with Crippen LogP contribution < -0.4 is 10.6 Å². The van der Waals surface area contributed by atoms with E-state index in [4.69, 9.17) is 4.74 Å². The maximum absolute atomic E-state index is 11.9. The van der Waals surface area contributed by atoms with Crippen molar-refractivity contribution in [2.75, 3.05) is 53.5 Å². The minimum Gasteiger partial charge on any atom is -0.382 e. The summed E-state index contributed by atoms with van der Waals surface area (Å²) in [5, 5.41) is 6.90. The van der Waals surface area contributed by atoms with Crippen molar-refractivity contribution in [3.05, 3.63) is 35.9 Å². The molecule has 1 fully saturated rings. The first-order valence-electron chi connectivity index (χ1n) is 10.7. The van der Waals surface area contributed by atoms with Crippen LogP contribution in [-0.2, 0) is 16.1 Å². The number of nitrogens with one attached hydrogen (secondary N) is 2. The van der Waals surface area contributed by atoms with Gasteiger partial charge in [-0.25, -0.2) is 4.99 Å². The molecule has 1 amide bonds. The second-order valence-electron chi connectivity index (χ2n) is 7.63. The molecule has 0 aromatic heterocycles. The molecule has 0 aliphatic carbocycles. The third kappa shape index (κ3) is 10.6. The quantitative estimate of drug-likeness (QED) is 0.210. The van der Waals surface area contributed by atoms with Crippen molar-refractivity contribution in [2.45, 2.75) is 38.8 Å². The fraction of sp³-hybridized carbons (Fsp3) is 0.636. The average molecular weight is 531 g/mol. The summed E-state index contributed by atoms with van der Waals surface area (Å²) in [5.41, 5.74) is 1.34. The molecule has 1 atom stereocenters. The van der Waals surface area contributed by atoms with Crippen molar-refractivity contribution in [3.8, 4) is 0 Å². The number of halogens is 1. The summed E-state index contributed by atoms with van der Waals surface area (Å²) in [5.74, 6) is 0.707. The lowest BCUT2D eigenvalue weighted by Crippen LogP contribution is -2.51. The van der Waals surface area contributed by atoms with Crippen LogP contribution in [-0.4, -0.2) is 81.2 Å². The number of likely N-dealkylation sites (N-methyl/N-ethyl adjacent to an activating group) is 1. The summed E-state index contributed by atoms with van der Waals surface area (Å²) in [6.45, 7) is 7.41. The number of aliphatic imine (C=N–C) groups is 1. The van der Waals surface area contributed by atoms with E-state index in [1.807, 2.05) is 6.92 Å². The van der Waals surface area contributed by atoms with Crippen LogP contribution in [0.3, 0.4) is 0 Å². The Bertz CT molecular complexity index is 627. The molecule has 30 heavy (non-hydrogen) atoms. The Morgan fingerprint density at radius 1 is 1.30 bits per heavy atom. The summed E-state index contributed by atoms with van der Waals surface area (Å²) in [7, 11) is 3.51. The number of hydrogen-bond donors (Lipinski definition) is 2. The van der Waals surface area contributed by atoms with Crippen molar-refractivity contribution >= 4 is 35.8 Å². The molecule has 1 aliphatic rings. The fourth-order valence-corrected chi connectivity index (χ4v) is 3.32. The number of carbonyl (C=O) groups is 1. The first-order valence-corrected chi connectivity index (χ1v) is 10.7. The van der Waals surface area contributed by atoms with Gasteiger partial charge in [0.1, 0.15) is 6.54 Å². The number of carbonyl (C=O) groups excluding carboxylic acids is 1. The van der Waals surface area contributed by atoms with Crippen LogP contribution in [0.4, 0.5) is 0 Å². The Balaban J connectivity index is 0.00000450. The van der Waals surface area contributed by atoms with Gasteiger partial charge in [-0.05, 0) is 38.3 Å². The lowest BCUT2D eigenvalue weighted by Gasteiger charge is -2.34. The molecular formula is C22H38IN5O2. The van der Waals surface area contributed by atoms with Crippen molar-refractivity contribution in [3.63, 3.8) is 0 Å². The summed E-state index contributed by atoms with van der Waals surface area (Å²) in [6.07, 6.45) is 3.16. The number of nitrogens with zero attached hydrogens (tertiary/aromatic N) is 3. The van der Waals surface area contributed by atoms with Gasteiger partial charge in [0, 0.05) is 53.0 Å². The number of guanidine groups is 1. The molecule has 1 aromatic rings. The molecule has 1 aromatic carbocycles. The van der Waals surface area contributed by atoms with Crippen molar-refractivity contribution < 1.29 is 9.53 Å². The minimum atomic E-state index is -0.00485. The van der Waals surface area contributed by atoms with Crippen LogP contribution >= 0.6 is 24.0 Å². The van der Waals surface area contributed by atoms with Gasteiger partial charge in [-0.1, -0.05) is 30.3 Å². The first kappa shape index (κ1) is 26.6. The fourth-order valence-electron chi connectivity index (χ4n) is 3.32. The third-order valence-electron chi connectivity index (χ3n) is 4.93. The number of piperidine rings is 1. The number of benzene rings is 1. The summed E-state index contributed by atoms with van der Waals surface area (Å²) in [6, 6.07) is 10.9. The Morgan fingerprint density at radius 3 is 2.77 bits per heavy atom. The Morgan fingerprint density at radius 2 is 2.07 bits per heavy atom. The first-order chi connectivity index (χ1) is 14.1. The monoisotopic (exact) mass is 531 g/mol. The van der Waals surface area contributed by atoms with Crippen molar-refractivity contribution in [1.29, 1.82) is 0 Å². The van der Waals surface area contributed by atoms with E-state index < -0.39 is 0 Å². The number of hydrogen-bond acceptors (Lipinski definition) is 4. The Kier molecular flexibility index (Phi) is 13.7. The van der Waals surface area contributed by atoms with Crippen LogP contribution in [0.15, 0.2) is 35.3 Å². The smallest absolute Gasteiger partial charge is 0.243 e. The standard InChI is InChI=1S/C22H37N5O2.HI/c1-4-29-15-9-13-23-22(24-16-21(28)26(2)3)25-20-12-8-14-27(18-20)17-19-10-6-5-7-11-19;/h5-7,10-11,20H,4,8-9,12-18H2,1-3H3,(H2,23,24,25);1H. The second kappa shape index (κ2) is 15.4. The molecule has 170 valence electrons. The van der Waals surface area contributed by atoms with Gasteiger partial charge in [0.2, 0.25) is 5.91 Å². The average Bonchev–Trinajstić information content (AvgIpc) is 2.72. The van der Waals surface area contributed by atoms with E-state index in [1.54, 1.807) is 19.0 Å². The molecule has 1 heterocycles. The summed E-state index contributed by atoms with van der Waals surface area (Å²) < 4.78 is 5.40. The highest BCUT2D eigenvalue weighted by molar-refractivity contribution is 14.0. The lowest BCUT2D eigenvalue weighted by atomic mass is 10.0. The molecule has 1 unspecified atom stereocenters. The zero-order chi connectivity index (χ0) is 20.9. The molecule has 2 N–H and O–H groups in total. The molecule has 8 heteroatoms. The number of ether oxygens (including phenoxy) is 1. The highest BCUT2D eigenvalue weighted by Crippen LogP contribution is 2.13. The molecule has 0 bridgehead atoms. The molecule has 7 nitrogen and oxygen atoms in total. The maximum atomic E-state index is 11.9. The maximum Gasteiger partial charge on any atom is 0.243 e. The van der Waals surface area contributed by atoms with Gasteiger partial charge in [-0.15, -0.1) is 24.0 Å². The van der Waals surface area contributed by atoms with E-state index in [9.17, 15) is 4.79 Å². The predicted molar refractivity (Wildman–Crippen MR) is 133 cm³/mol. The minimum absolute atomic E-state index is 0. The molecule has 1 aliphatic heterocycles. The zero-order valence-electron chi connectivity index (χ0n) is 18.6. The molecule has 1 saturated heterocycles. The van der Waals surface area contributed by atoms with E-state index in [1.165, 1.54) is 5.56 Å². The van der Waals surface area contributed by atoms with Crippen LogP contribution in [0.1, 0.15) is 31.7 Å². The SMILES string of the molecule is CCOCCCNC(=NCC(=O)N(C)C)NC1CCCN(Cc2ccccc2)C1.I. The third-order valence-corrected chi connectivity index (χ3v) is 4.93. The highest BCUT2D eigenvalue weighted by Gasteiger charge is 2.21. The van der Waals surface area contributed by atoms with Crippen LogP contribution in [0.2, 0.25) is 0 Å². The highest BCUT2D eigenvalue weighted by atomic mass is 127. The molecule has 0 radical (unpaired) electrons. The van der Waals surface area contributed by atoms with Gasteiger partial charge in [-0.2, -0.15) is 0 Å². The van der Waals surface area contributed by atoms with Gasteiger partial charge < -0.3 is 20.3 Å². The topological polar surface area (TPSA) is 69.2 Å². The van der Waals surface area contributed by atoms with Crippen LogP contribution in [0.5, 0.6) is 0 Å². The van der Waals surface area contributed by atoms with Gasteiger partial charge in [0.05, 0.1) is 0 Å². The van der Waals surface area contributed by atoms with Gasteiger partial charge >= 0.3 is 0 Å². The van der Waals surface area contributed by atoms with E-state index >= 15 is 0 Å². The number of likely N-dealkylation sites (tertiary alicyclic amines) is 1. The Hall–Kier alpha value is -1.39. The number of rotatable bonds is 10. The molecular weight excluding hydrogens is 493 g/mol. The largest absolute Gasteiger partial charge is 0.382 e. The van der Waals surface area contributed by atoms with Crippen molar-refractivity contribution in [2.24, 2.45) is 4.99 Å². The van der Waals surface area contributed by atoms with Gasteiger partial charge in [0.25, 0.3) is 0 Å². The van der Waals surface area contributed by atoms with Crippen LogP contribution in [0, 0.1) is 0 Å².